The average molecular weight is 282 g/mol. The molecule has 3 aliphatic rings. The van der Waals surface area contributed by atoms with E-state index >= 15 is 0 Å². The van der Waals surface area contributed by atoms with Gasteiger partial charge < -0.3 is 15.4 Å². The molecule has 2 unspecified atom stereocenters. The summed E-state index contributed by atoms with van der Waals surface area (Å²) in [5.41, 5.74) is 0. The number of fused-ring (bicyclic) bond motifs is 1. The van der Waals surface area contributed by atoms with Gasteiger partial charge in [-0.05, 0) is 36.6 Å². The topological polar surface area (TPSA) is 57.7 Å². The number of nitrogens with zero attached hydrogens (tertiary/aromatic N) is 1. The van der Waals surface area contributed by atoms with Crippen LogP contribution in [0, 0.1) is 11.8 Å². The lowest BCUT2D eigenvalue weighted by Crippen LogP contribution is -2.34. The summed E-state index contributed by atoms with van der Waals surface area (Å²) in [5.74, 6) is 2.74. The van der Waals surface area contributed by atoms with Gasteiger partial charge in [0.2, 0.25) is 6.35 Å². The molecular formula is C13H22N4OS. The predicted octanol–water partition coefficient (Wildman–Crippen LogP) is 1.75. The van der Waals surface area contributed by atoms with E-state index < -0.39 is 0 Å². The zero-order chi connectivity index (χ0) is 13.2. The second-order valence-electron chi connectivity index (χ2n) is 5.61. The first-order chi connectivity index (χ1) is 9.24. The minimum Gasteiger partial charge on any atom is -0.369 e. The molecule has 0 spiro atoms. The van der Waals surface area contributed by atoms with Gasteiger partial charge in [-0.25, -0.2) is 9.71 Å². The third kappa shape index (κ3) is 3.07. The molecule has 0 aromatic carbocycles. The molecule has 2 fully saturated rings. The lowest BCUT2D eigenvalue weighted by molar-refractivity contribution is 0.107. The number of methoxy groups -OCH3 is 1. The van der Waals surface area contributed by atoms with Crippen LogP contribution in [0.1, 0.15) is 32.1 Å². The van der Waals surface area contributed by atoms with Gasteiger partial charge in [0.15, 0.2) is 5.17 Å². The highest BCUT2D eigenvalue weighted by molar-refractivity contribution is 8.12. The molecule has 3 rings (SSSR count). The van der Waals surface area contributed by atoms with Gasteiger partial charge in [0.25, 0.3) is 0 Å². The summed E-state index contributed by atoms with van der Waals surface area (Å²) in [4.78, 5) is 4.31. The molecule has 5 nitrogen and oxygen atoms in total. The van der Waals surface area contributed by atoms with Crippen molar-refractivity contribution in [2.75, 3.05) is 7.11 Å². The smallest absolute Gasteiger partial charge is 0.216 e. The number of hydrogen-bond acceptors (Lipinski definition) is 6. The molecule has 0 bridgehead atoms. The van der Waals surface area contributed by atoms with Crippen LogP contribution >= 0.6 is 11.9 Å². The van der Waals surface area contributed by atoms with E-state index in [1.807, 2.05) is 0 Å². The number of nitrogens with one attached hydrogen (secondary N) is 3. The maximum atomic E-state index is 5.10. The van der Waals surface area contributed by atoms with E-state index in [2.05, 4.69) is 26.9 Å². The Labute approximate surface area is 118 Å². The van der Waals surface area contributed by atoms with Crippen LogP contribution in [0.3, 0.4) is 0 Å². The highest BCUT2D eigenvalue weighted by atomic mass is 32.2. The first-order valence-corrected chi connectivity index (χ1v) is 7.81. The molecule has 0 amide bonds. The SMILES string of the molecule is C=C(NC1=NC(OC)NS1)NC1C[C@H]2CCC[C@H]2C1. The van der Waals surface area contributed by atoms with E-state index in [1.54, 1.807) is 7.11 Å². The monoisotopic (exact) mass is 282 g/mol. The van der Waals surface area contributed by atoms with Crippen molar-refractivity contribution >= 4 is 17.1 Å². The Morgan fingerprint density at radius 1 is 1.42 bits per heavy atom. The van der Waals surface area contributed by atoms with Crippen LogP contribution in [-0.2, 0) is 4.74 Å². The fourth-order valence-electron chi connectivity index (χ4n) is 3.51. The molecule has 1 heterocycles. The van der Waals surface area contributed by atoms with Gasteiger partial charge in [-0.3, -0.25) is 0 Å². The summed E-state index contributed by atoms with van der Waals surface area (Å²) in [5, 5.41) is 7.51. The van der Waals surface area contributed by atoms with Crippen LogP contribution in [-0.4, -0.2) is 24.7 Å². The zero-order valence-electron chi connectivity index (χ0n) is 11.3. The molecular weight excluding hydrogens is 260 g/mol. The van der Waals surface area contributed by atoms with Gasteiger partial charge in [0.1, 0.15) is 0 Å². The lowest BCUT2D eigenvalue weighted by atomic mass is 10.0. The molecule has 0 aromatic rings. The molecule has 6 heteroatoms. The predicted molar refractivity (Wildman–Crippen MR) is 78.2 cm³/mol. The zero-order valence-corrected chi connectivity index (χ0v) is 12.1. The first-order valence-electron chi connectivity index (χ1n) is 7.00. The summed E-state index contributed by atoms with van der Waals surface area (Å²) in [7, 11) is 1.63. The standard InChI is InChI=1S/C13H22N4OS/c1-8(15-13-16-12(18-2)17-19-13)14-11-6-9-4-3-5-10(9)7-11/h9-12,14,17H,1,3-7H2,2H3,(H,15,16)/t9-,10+,11?,12?. The van der Waals surface area contributed by atoms with E-state index in [4.69, 9.17) is 4.74 Å². The molecule has 106 valence electrons. The Morgan fingerprint density at radius 2 is 2.16 bits per heavy atom. The Hall–Kier alpha value is -0.720. The normalized spacial score (nSPS) is 37.0. The number of ether oxygens (including phenoxy) is 1. The Kier molecular flexibility index (Phi) is 4.00. The van der Waals surface area contributed by atoms with E-state index in [0.717, 1.165) is 22.8 Å². The van der Waals surface area contributed by atoms with Crippen LogP contribution in [0.25, 0.3) is 0 Å². The van der Waals surface area contributed by atoms with Crippen molar-refractivity contribution in [3.05, 3.63) is 12.4 Å². The van der Waals surface area contributed by atoms with Crippen molar-refractivity contribution in [2.24, 2.45) is 16.8 Å². The van der Waals surface area contributed by atoms with Crippen LogP contribution in [0.2, 0.25) is 0 Å². The Balaban J connectivity index is 1.45. The molecule has 0 radical (unpaired) electrons. The second-order valence-corrected chi connectivity index (χ2v) is 6.44. The molecule has 19 heavy (non-hydrogen) atoms. The Bertz CT molecular complexity index is 375. The fraction of sp³-hybridized carbons (Fsp3) is 0.769. The maximum Gasteiger partial charge on any atom is 0.216 e. The number of aliphatic imine (C=N–C) groups is 1. The largest absolute Gasteiger partial charge is 0.369 e. The minimum atomic E-state index is -0.258. The van der Waals surface area contributed by atoms with Crippen LogP contribution in [0.15, 0.2) is 17.4 Å². The number of rotatable bonds is 4. The molecule has 0 aromatic heterocycles. The van der Waals surface area contributed by atoms with E-state index in [-0.39, 0.29) is 6.35 Å². The average Bonchev–Trinajstić information content (AvgIpc) is 3.03. The fourth-order valence-corrected chi connectivity index (χ4v) is 4.20. The summed E-state index contributed by atoms with van der Waals surface area (Å²) >= 11 is 1.44. The van der Waals surface area contributed by atoms with Crippen molar-refractivity contribution in [1.29, 1.82) is 0 Å². The highest BCUT2D eigenvalue weighted by Crippen LogP contribution is 2.43. The Morgan fingerprint density at radius 3 is 2.79 bits per heavy atom. The summed E-state index contributed by atoms with van der Waals surface area (Å²) in [6, 6.07) is 0.577. The summed E-state index contributed by atoms with van der Waals surface area (Å²) in [6.07, 6.45) is 6.61. The van der Waals surface area contributed by atoms with Crippen molar-refractivity contribution < 1.29 is 4.74 Å². The van der Waals surface area contributed by atoms with Crippen molar-refractivity contribution in [3.8, 4) is 0 Å². The van der Waals surface area contributed by atoms with Gasteiger partial charge in [0, 0.05) is 13.2 Å². The summed E-state index contributed by atoms with van der Waals surface area (Å²) < 4.78 is 8.14. The molecule has 3 N–H and O–H groups in total. The van der Waals surface area contributed by atoms with Gasteiger partial charge in [0.05, 0.1) is 5.82 Å². The number of amidine groups is 1. The second kappa shape index (κ2) is 5.73. The molecule has 4 atom stereocenters. The third-order valence-electron chi connectivity index (χ3n) is 4.34. The minimum absolute atomic E-state index is 0.258. The van der Waals surface area contributed by atoms with E-state index in [1.165, 1.54) is 44.1 Å². The van der Waals surface area contributed by atoms with Gasteiger partial charge in [-0.15, -0.1) is 0 Å². The van der Waals surface area contributed by atoms with Gasteiger partial charge in [-0.1, -0.05) is 25.8 Å². The molecule has 2 aliphatic carbocycles. The maximum absolute atomic E-state index is 5.10. The quantitative estimate of drug-likeness (QED) is 0.686. The molecule has 2 saturated carbocycles. The summed E-state index contributed by atoms with van der Waals surface area (Å²) in [6.45, 7) is 4.04. The van der Waals surface area contributed by atoms with Crippen molar-refractivity contribution in [2.45, 2.75) is 44.5 Å². The third-order valence-corrected chi connectivity index (χ3v) is 5.06. The van der Waals surface area contributed by atoms with E-state index in [0.29, 0.717) is 6.04 Å². The van der Waals surface area contributed by atoms with Gasteiger partial charge in [-0.2, -0.15) is 0 Å². The van der Waals surface area contributed by atoms with Crippen LogP contribution < -0.4 is 15.4 Å². The molecule has 0 saturated heterocycles. The highest BCUT2D eigenvalue weighted by Gasteiger charge is 2.37. The van der Waals surface area contributed by atoms with Gasteiger partial charge >= 0.3 is 0 Å². The number of hydrogen-bond donors (Lipinski definition) is 3. The van der Waals surface area contributed by atoms with Crippen molar-refractivity contribution in [1.82, 2.24) is 15.4 Å². The lowest BCUT2D eigenvalue weighted by Gasteiger charge is -2.17. The van der Waals surface area contributed by atoms with Crippen LogP contribution in [0.4, 0.5) is 0 Å². The van der Waals surface area contributed by atoms with E-state index in [9.17, 15) is 0 Å². The van der Waals surface area contributed by atoms with Crippen molar-refractivity contribution in [3.63, 3.8) is 0 Å². The molecule has 1 aliphatic heterocycles. The van der Waals surface area contributed by atoms with Crippen LogP contribution in [0.5, 0.6) is 0 Å². The first kappa shape index (κ1) is 13.3.